The van der Waals surface area contributed by atoms with Crippen molar-refractivity contribution >= 4 is 63.6 Å². The van der Waals surface area contributed by atoms with Crippen molar-refractivity contribution in [2.45, 2.75) is 17.5 Å². The topological polar surface area (TPSA) is 26.8 Å². The number of hydrogen-bond acceptors (Lipinski definition) is 3. The molecule has 9 heteroatoms. The normalized spacial score (nSPS) is 26.1. The predicted molar refractivity (Wildman–Crippen MR) is 84.1 cm³/mol. The Labute approximate surface area is 140 Å². The lowest BCUT2D eigenvalue weighted by Crippen LogP contribution is -2.45. The molecule has 0 bridgehead atoms. The van der Waals surface area contributed by atoms with E-state index >= 15 is 0 Å². The fraction of sp³-hybridized carbons (Fsp3) is 0.333. The minimum atomic E-state index is -1.21. The van der Waals surface area contributed by atoms with Gasteiger partial charge >= 0.3 is 6.03 Å². The largest absolute Gasteiger partial charge is 0.369 e. The fourth-order valence-electron chi connectivity index (χ4n) is 2.40. The summed E-state index contributed by atoms with van der Waals surface area (Å²) in [4.78, 5) is 13.0. The lowest BCUT2D eigenvalue weighted by atomic mass is 10.2. The van der Waals surface area contributed by atoms with Gasteiger partial charge < -0.3 is 0 Å². The van der Waals surface area contributed by atoms with Gasteiger partial charge in [-0.3, -0.25) is 4.90 Å². The van der Waals surface area contributed by atoms with E-state index in [1.54, 1.807) is 24.3 Å². The van der Waals surface area contributed by atoms with Crippen LogP contribution < -0.4 is 4.90 Å². The van der Waals surface area contributed by atoms with Gasteiger partial charge in [-0.2, -0.15) is 0 Å². The average molecular weight is 369 g/mol. The molecular formula is C12H9Cl3FN3OS. The van der Waals surface area contributed by atoms with E-state index in [1.807, 2.05) is 0 Å². The van der Waals surface area contributed by atoms with Gasteiger partial charge in [0.05, 0.1) is 0 Å². The second-order valence-electron chi connectivity index (χ2n) is 4.74. The number of hydrazine groups is 1. The van der Waals surface area contributed by atoms with Crippen LogP contribution in [0.4, 0.5) is 15.0 Å². The molecule has 1 aliphatic heterocycles. The lowest BCUT2D eigenvalue weighted by Gasteiger charge is -2.28. The van der Waals surface area contributed by atoms with Gasteiger partial charge in [0.1, 0.15) is 6.17 Å². The van der Waals surface area contributed by atoms with Crippen LogP contribution in [0.1, 0.15) is 6.42 Å². The van der Waals surface area contributed by atoms with Gasteiger partial charge in [0, 0.05) is 21.5 Å². The fourth-order valence-corrected chi connectivity index (χ4v) is 3.27. The van der Waals surface area contributed by atoms with Crippen molar-refractivity contribution < 1.29 is 9.28 Å². The van der Waals surface area contributed by atoms with E-state index in [-0.39, 0.29) is 11.1 Å². The van der Waals surface area contributed by atoms with E-state index in [0.29, 0.717) is 17.1 Å². The number of rotatable bonds is 3. The van der Waals surface area contributed by atoms with Crippen molar-refractivity contribution in [2.24, 2.45) is 5.92 Å². The number of benzene rings is 1. The number of alkyl halides is 2. The minimum absolute atomic E-state index is 0.0723. The monoisotopic (exact) mass is 367 g/mol. The molecule has 1 aromatic carbocycles. The Balaban J connectivity index is 2.04. The molecule has 2 atom stereocenters. The smallest absolute Gasteiger partial charge is 0.272 e. The van der Waals surface area contributed by atoms with E-state index in [4.69, 9.17) is 47.0 Å². The maximum Gasteiger partial charge on any atom is 0.369 e. The third kappa shape index (κ3) is 2.59. The number of amides is 2. The number of thiocarbonyl (C=S) groups is 1. The summed E-state index contributed by atoms with van der Waals surface area (Å²) in [5, 5.41) is 1.34. The highest BCUT2D eigenvalue weighted by Gasteiger charge is 2.56. The molecule has 1 heterocycles. The maximum atomic E-state index is 14.2. The second-order valence-corrected chi connectivity index (χ2v) is 6.75. The standard InChI is InChI=1S/C12H9Cl3FN3OS/c13-6-2-1-3-7(4-6)17-10(8-5-9(8)21)18(11(14)15)19(16)12(17)20/h1-4,8,10-11H,5H2. The van der Waals surface area contributed by atoms with Gasteiger partial charge in [-0.05, 0) is 24.6 Å². The summed E-state index contributed by atoms with van der Waals surface area (Å²) in [5.41, 5.74) is 0.464. The van der Waals surface area contributed by atoms with E-state index in [0.717, 1.165) is 9.87 Å². The van der Waals surface area contributed by atoms with Crippen molar-refractivity contribution in [2.75, 3.05) is 4.90 Å². The highest BCUT2D eigenvalue weighted by Crippen LogP contribution is 2.43. The van der Waals surface area contributed by atoms with Gasteiger partial charge in [-0.25, -0.2) is 4.79 Å². The Kier molecular flexibility index (Phi) is 4.00. The van der Waals surface area contributed by atoms with Crippen LogP contribution in [0.5, 0.6) is 0 Å². The number of carbonyl (C=O) groups excluding carboxylic acids is 1. The third-order valence-electron chi connectivity index (χ3n) is 3.42. The van der Waals surface area contributed by atoms with Crippen molar-refractivity contribution in [1.82, 2.24) is 10.2 Å². The van der Waals surface area contributed by atoms with Crippen LogP contribution in [0.25, 0.3) is 0 Å². The molecular weight excluding hydrogens is 360 g/mol. The number of anilines is 1. The summed E-state index contributed by atoms with van der Waals surface area (Å²) >= 11 is 22.7. The lowest BCUT2D eigenvalue weighted by molar-refractivity contribution is -0.113. The van der Waals surface area contributed by atoms with Crippen LogP contribution in [-0.4, -0.2) is 32.3 Å². The molecule has 0 radical (unpaired) electrons. The predicted octanol–water partition coefficient (Wildman–Crippen LogP) is 4.16. The summed E-state index contributed by atoms with van der Waals surface area (Å²) in [6.07, 6.45) is -0.0664. The molecule has 4 nitrogen and oxygen atoms in total. The SMILES string of the molecule is O=C1N(c2cccc(Cl)c2)C(C2CC2=S)N(C(Cl)Cl)N1F. The zero-order chi connectivity index (χ0) is 15.3. The first-order chi connectivity index (χ1) is 9.91. The molecule has 0 spiro atoms. The van der Waals surface area contributed by atoms with Crippen LogP contribution in [0, 0.1) is 5.92 Å². The second kappa shape index (κ2) is 5.52. The van der Waals surface area contributed by atoms with Crippen molar-refractivity contribution in [1.29, 1.82) is 0 Å². The third-order valence-corrected chi connectivity index (χ3v) is 4.53. The van der Waals surface area contributed by atoms with Gasteiger partial charge in [-0.15, -0.1) is 5.01 Å². The molecule has 1 saturated heterocycles. The first kappa shape index (κ1) is 15.2. The molecule has 2 fully saturated rings. The average Bonchev–Trinajstić information content (AvgIpc) is 3.07. The Morgan fingerprint density at radius 3 is 2.57 bits per heavy atom. The van der Waals surface area contributed by atoms with Crippen LogP contribution in [0.15, 0.2) is 24.3 Å². The molecule has 2 aliphatic rings. The Morgan fingerprint density at radius 1 is 1.38 bits per heavy atom. The van der Waals surface area contributed by atoms with Gasteiger partial charge in [-0.1, -0.05) is 62.8 Å². The zero-order valence-corrected chi connectivity index (χ0v) is 13.5. The maximum absolute atomic E-state index is 14.2. The minimum Gasteiger partial charge on any atom is -0.272 e. The molecule has 1 aromatic rings. The Hall–Kier alpha value is -0.660. The van der Waals surface area contributed by atoms with Gasteiger partial charge in [0.15, 0.2) is 4.96 Å². The van der Waals surface area contributed by atoms with Crippen molar-refractivity contribution in [3.05, 3.63) is 29.3 Å². The van der Waals surface area contributed by atoms with Crippen molar-refractivity contribution in [3.63, 3.8) is 0 Å². The van der Waals surface area contributed by atoms with E-state index in [2.05, 4.69) is 0 Å². The number of carbonyl (C=O) groups is 1. The summed E-state index contributed by atoms with van der Waals surface area (Å²) in [7, 11) is 0. The molecule has 112 valence electrons. The number of halogens is 4. The quantitative estimate of drug-likeness (QED) is 0.347. The first-order valence-electron chi connectivity index (χ1n) is 6.05. The van der Waals surface area contributed by atoms with Crippen LogP contribution in [0.3, 0.4) is 0 Å². The highest BCUT2D eigenvalue weighted by atomic mass is 35.5. The molecule has 3 rings (SSSR count). The summed E-state index contributed by atoms with van der Waals surface area (Å²) in [5.74, 6) is -0.149. The molecule has 0 aromatic heterocycles. The summed E-state index contributed by atoms with van der Waals surface area (Å²) in [6.45, 7) is 0. The number of nitrogens with zero attached hydrogens (tertiary/aromatic N) is 3. The summed E-state index contributed by atoms with van der Waals surface area (Å²) in [6, 6.07) is 5.71. The van der Waals surface area contributed by atoms with Gasteiger partial charge in [0.25, 0.3) is 0 Å². The van der Waals surface area contributed by atoms with Gasteiger partial charge in [0.2, 0.25) is 0 Å². The van der Waals surface area contributed by atoms with E-state index < -0.39 is 17.2 Å². The van der Waals surface area contributed by atoms with Crippen LogP contribution >= 0.6 is 47.0 Å². The number of urea groups is 1. The Morgan fingerprint density at radius 2 is 2.05 bits per heavy atom. The Bertz CT molecular complexity index is 617. The van der Waals surface area contributed by atoms with Crippen LogP contribution in [0.2, 0.25) is 5.02 Å². The molecule has 2 unspecified atom stereocenters. The van der Waals surface area contributed by atoms with E-state index in [1.165, 1.54) is 4.90 Å². The molecule has 2 amide bonds. The molecule has 21 heavy (non-hydrogen) atoms. The number of hydrogen-bond donors (Lipinski definition) is 0. The first-order valence-corrected chi connectivity index (χ1v) is 7.71. The molecule has 1 saturated carbocycles. The highest BCUT2D eigenvalue weighted by molar-refractivity contribution is 7.81. The summed E-state index contributed by atoms with van der Waals surface area (Å²) < 4.78 is 14.2. The van der Waals surface area contributed by atoms with Crippen LogP contribution in [-0.2, 0) is 0 Å². The van der Waals surface area contributed by atoms with E-state index in [9.17, 15) is 9.28 Å². The van der Waals surface area contributed by atoms with Crippen molar-refractivity contribution in [3.8, 4) is 0 Å². The zero-order valence-electron chi connectivity index (χ0n) is 10.4. The molecule has 0 N–H and O–H groups in total. The molecule has 1 aliphatic carbocycles.